The van der Waals surface area contributed by atoms with Crippen molar-refractivity contribution in [2.75, 3.05) is 26.0 Å². The Labute approximate surface area is 150 Å². The minimum Gasteiger partial charge on any atom is -0.497 e. The number of carbonyl (C=O) groups is 1. The van der Waals surface area contributed by atoms with E-state index < -0.39 is 0 Å². The fourth-order valence-corrected chi connectivity index (χ4v) is 3.57. The molecule has 1 aromatic carbocycles. The normalized spacial score (nSPS) is 20.5. The number of hydrogen-bond acceptors (Lipinski definition) is 7. The van der Waals surface area contributed by atoms with E-state index in [1.165, 1.54) is 11.8 Å². The third-order valence-corrected chi connectivity index (χ3v) is 4.74. The van der Waals surface area contributed by atoms with Crippen LogP contribution in [0.4, 0.5) is 0 Å². The predicted molar refractivity (Wildman–Crippen MR) is 93.0 cm³/mol. The van der Waals surface area contributed by atoms with Crippen LogP contribution in [0.2, 0.25) is 0 Å². The summed E-state index contributed by atoms with van der Waals surface area (Å²) >= 11 is 1.32. The number of benzene rings is 1. The highest BCUT2D eigenvalue weighted by atomic mass is 32.2. The zero-order valence-electron chi connectivity index (χ0n) is 14.5. The topological polar surface area (TPSA) is 82.4 Å². The summed E-state index contributed by atoms with van der Waals surface area (Å²) in [5, 5.41) is 12.3. The van der Waals surface area contributed by atoms with Crippen LogP contribution in [-0.4, -0.2) is 69.2 Å². The Bertz CT molecular complexity index is 728. The van der Waals surface area contributed by atoms with E-state index in [1.807, 2.05) is 43.0 Å². The molecule has 9 heteroatoms. The molecular weight excluding hydrogens is 342 g/mol. The molecule has 0 saturated carbocycles. The van der Waals surface area contributed by atoms with Crippen molar-refractivity contribution in [2.24, 2.45) is 0 Å². The smallest absolute Gasteiger partial charge is 0.233 e. The van der Waals surface area contributed by atoms with Gasteiger partial charge in [-0.3, -0.25) is 4.79 Å². The maximum atomic E-state index is 12.5. The molecule has 25 heavy (non-hydrogen) atoms. The van der Waals surface area contributed by atoms with Crippen molar-refractivity contribution in [3.8, 4) is 11.4 Å². The van der Waals surface area contributed by atoms with Crippen LogP contribution in [0.3, 0.4) is 0 Å². The number of rotatable bonds is 5. The lowest BCUT2D eigenvalue weighted by molar-refractivity contribution is -0.140. The maximum Gasteiger partial charge on any atom is 0.233 e. The van der Waals surface area contributed by atoms with E-state index in [0.29, 0.717) is 18.2 Å². The molecule has 1 saturated heterocycles. The number of methoxy groups -OCH3 is 1. The highest BCUT2D eigenvalue weighted by molar-refractivity contribution is 7.99. The summed E-state index contributed by atoms with van der Waals surface area (Å²) in [6.45, 7) is 5.19. The van der Waals surface area contributed by atoms with E-state index in [-0.39, 0.29) is 23.9 Å². The molecule has 2 atom stereocenters. The van der Waals surface area contributed by atoms with Gasteiger partial charge in [0, 0.05) is 19.2 Å². The zero-order valence-corrected chi connectivity index (χ0v) is 15.3. The fourth-order valence-electron chi connectivity index (χ4n) is 2.77. The molecule has 0 bridgehead atoms. The Morgan fingerprint density at radius 3 is 2.84 bits per heavy atom. The monoisotopic (exact) mass is 363 g/mol. The zero-order chi connectivity index (χ0) is 17.8. The molecule has 0 aliphatic carbocycles. The molecule has 1 amide bonds. The maximum absolute atomic E-state index is 12.5. The summed E-state index contributed by atoms with van der Waals surface area (Å²) < 4.78 is 12.5. The van der Waals surface area contributed by atoms with Crippen LogP contribution in [-0.2, 0) is 9.53 Å². The third kappa shape index (κ3) is 4.29. The number of nitrogens with zero attached hydrogens (tertiary/aromatic N) is 5. The average Bonchev–Trinajstić information content (AvgIpc) is 3.07. The van der Waals surface area contributed by atoms with Crippen LogP contribution in [0, 0.1) is 0 Å². The van der Waals surface area contributed by atoms with Crippen molar-refractivity contribution in [3.63, 3.8) is 0 Å². The van der Waals surface area contributed by atoms with Gasteiger partial charge in [-0.2, -0.15) is 4.68 Å². The van der Waals surface area contributed by atoms with Crippen molar-refractivity contribution in [3.05, 3.63) is 24.3 Å². The summed E-state index contributed by atoms with van der Waals surface area (Å²) in [6.07, 6.45) is 0.111. The first-order chi connectivity index (χ1) is 12.1. The summed E-state index contributed by atoms with van der Waals surface area (Å²) in [6, 6.07) is 7.45. The van der Waals surface area contributed by atoms with Gasteiger partial charge in [0.2, 0.25) is 11.1 Å². The molecule has 3 rings (SSSR count). The van der Waals surface area contributed by atoms with Crippen molar-refractivity contribution in [1.29, 1.82) is 0 Å². The molecule has 1 aliphatic rings. The molecular formula is C16H21N5O3S. The van der Waals surface area contributed by atoms with E-state index in [1.54, 1.807) is 11.8 Å². The number of aromatic nitrogens is 4. The van der Waals surface area contributed by atoms with Gasteiger partial charge in [0.25, 0.3) is 0 Å². The average molecular weight is 363 g/mol. The number of carbonyl (C=O) groups excluding carboxylic acids is 1. The van der Waals surface area contributed by atoms with Gasteiger partial charge in [-0.25, -0.2) is 0 Å². The molecule has 1 fully saturated rings. The van der Waals surface area contributed by atoms with Gasteiger partial charge >= 0.3 is 0 Å². The van der Waals surface area contributed by atoms with Gasteiger partial charge in [0.15, 0.2) is 0 Å². The van der Waals surface area contributed by atoms with Gasteiger partial charge < -0.3 is 14.4 Å². The Morgan fingerprint density at radius 2 is 2.12 bits per heavy atom. The van der Waals surface area contributed by atoms with Crippen molar-refractivity contribution in [1.82, 2.24) is 25.1 Å². The van der Waals surface area contributed by atoms with Crippen LogP contribution in [0.5, 0.6) is 5.75 Å². The van der Waals surface area contributed by atoms with E-state index >= 15 is 0 Å². The van der Waals surface area contributed by atoms with Crippen molar-refractivity contribution in [2.45, 2.75) is 31.2 Å². The van der Waals surface area contributed by atoms with Crippen molar-refractivity contribution >= 4 is 17.7 Å². The SMILES string of the molecule is COc1cccc(-n2nnnc2SCC(=O)N2CC(C)OC(C)C2)c1. The second-order valence-electron chi connectivity index (χ2n) is 5.92. The van der Waals surface area contributed by atoms with Gasteiger partial charge in [0.05, 0.1) is 30.8 Å². The van der Waals surface area contributed by atoms with E-state index in [2.05, 4.69) is 15.5 Å². The standard InChI is InChI=1S/C16H21N5O3S/c1-11-8-20(9-12(2)24-11)15(22)10-25-16-17-18-19-21(16)13-5-4-6-14(7-13)23-3/h4-7,11-12H,8-10H2,1-3H3. The molecule has 2 heterocycles. The minimum absolute atomic E-state index is 0.0554. The summed E-state index contributed by atoms with van der Waals surface area (Å²) in [5.74, 6) is 1.06. The molecule has 8 nitrogen and oxygen atoms in total. The highest BCUT2D eigenvalue weighted by Gasteiger charge is 2.26. The lowest BCUT2D eigenvalue weighted by Gasteiger charge is -2.35. The van der Waals surface area contributed by atoms with Crippen LogP contribution in [0.1, 0.15) is 13.8 Å². The van der Waals surface area contributed by atoms with Gasteiger partial charge in [-0.05, 0) is 36.4 Å². The molecule has 134 valence electrons. The van der Waals surface area contributed by atoms with Crippen LogP contribution in [0.15, 0.2) is 29.4 Å². The van der Waals surface area contributed by atoms with E-state index in [4.69, 9.17) is 9.47 Å². The predicted octanol–water partition coefficient (Wildman–Crippen LogP) is 1.40. The largest absolute Gasteiger partial charge is 0.497 e. The molecule has 2 aromatic rings. The summed E-state index contributed by atoms with van der Waals surface area (Å²) in [4.78, 5) is 14.3. The lowest BCUT2D eigenvalue weighted by Crippen LogP contribution is -2.48. The van der Waals surface area contributed by atoms with Gasteiger partial charge in [0.1, 0.15) is 5.75 Å². The van der Waals surface area contributed by atoms with Gasteiger partial charge in [-0.1, -0.05) is 17.8 Å². The van der Waals surface area contributed by atoms with Crippen molar-refractivity contribution < 1.29 is 14.3 Å². The summed E-state index contributed by atoms with van der Waals surface area (Å²) in [7, 11) is 1.61. The number of hydrogen-bond donors (Lipinski definition) is 0. The molecule has 2 unspecified atom stereocenters. The van der Waals surface area contributed by atoms with Crippen LogP contribution < -0.4 is 4.74 Å². The first kappa shape index (κ1) is 17.7. The second-order valence-corrected chi connectivity index (χ2v) is 6.86. The number of tetrazole rings is 1. The third-order valence-electron chi connectivity index (χ3n) is 3.84. The molecule has 1 aromatic heterocycles. The fraction of sp³-hybridized carbons (Fsp3) is 0.500. The van der Waals surface area contributed by atoms with Crippen LogP contribution >= 0.6 is 11.8 Å². The Morgan fingerprint density at radius 1 is 1.36 bits per heavy atom. The molecule has 0 radical (unpaired) electrons. The quantitative estimate of drug-likeness (QED) is 0.743. The Balaban J connectivity index is 1.66. The summed E-state index contributed by atoms with van der Waals surface area (Å²) in [5.41, 5.74) is 0.785. The Hall–Kier alpha value is -2.13. The molecule has 0 N–H and O–H groups in total. The number of ether oxygens (including phenoxy) is 2. The van der Waals surface area contributed by atoms with E-state index in [0.717, 1.165) is 11.4 Å². The molecule has 0 spiro atoms. The molecule has 1 aliphatic heterocycles. The number of thioether (sulfide) groups is 1. The first-order valence-electron chi connectivity index (χ1n) is 8.05. The number of morpholine rings is 1. The highest BCUT2D eigenvalue weighted by Crippen LogP contribution is 2.22. The van der Waals surface area contributed by atoms with Crippen LogP contribution in [0.25, 0.3) is 5.69 Å². The number of amides is 1. The first-order valence-corrected chi connectivity index (χ1v) is 9.04. The minimum atomic E-state index is 0.0554. The van der Waals surface area contributed by atoms with Gasteiger partial charge in [-0.15, -0.1) is 5.10 Å². The second kappa shape index (κ2) is 7.83. The lowest BCUT2D eigenvalue weighted by atomic mass is 10.2. The van der Waals surface area contributed by atoms with E-state index in [9.17, 15) is 4.79 Å². The Kier molecular flexibility index (Phi) is 5.54.